The van der Waals surface area contributed by atoms with Crippen molar-refractivity contribution >= 4 is 23.4 Å². The standard InChI is InChI=1S/C27H31N3O4/c1-34-22-10-7-18(8-11-22)16-29(20-5-3-2-4-6-20)21-9-12-23-19(15-21)17-30(27(23)33)24-13-14-25(31)28-26(24)32/h7-12,15,20,24H,2-6,13-14,16-17H2,1H3,(H,28,31,32). The lowest BCUT2D eigenvalue weighted by Gasteiger charge is -2.36. The molecule has 1 unspecified atom stereocenters. The molecule has 0 spiro atoms. The number of ether oxygens (including phenoxy) is 1. The molecule has 7 nitrogen and oxygen atoms in total. The molecule has 2 aliphatic heterocycles. The third kappa shape index (κ3) is 4.39. The van der Waals surface area contributed by atoms with Gasteiger partial charge in [0.05, 0.1) is 7.11 Å². The van der Waals surface area contributed by atoms with Crippen LogP contribution in [0.4, 0.5) is 5.69 Å². The maximum absolute atomic E-state index is 13.1. The quantitative estimate of drug-likeness (QED) is 0.662. The van der Waals surface area contributed by atoms with Crippen LogP contribution in [0.15, 0.2) is 42.5 Å². The van der Waals surface area contributed by atoms with Gasteiger partial charge in [-0.15, -0.1) is 0 Å². The van der Waals surface area contributed by atoms with Crippen molar-refractivity contribution in [2.75, 3.05) is 12.0 Å². The molecule has 1 N–H and O–H groups in total. The van der Waals surface area contributed by atoms with Gasteiger partial charge in [-0.3, -0.25) is 19.7 Å². The van der Waals surface area contributed by atoms with Crippen LogP contribution >= 0.6 is 0 Å². The number of fused-ring (bicyclic) bond motifs is 1. The molecule has 1 saturated heterocycles. The summed E-state index contributed by atoms with van der Waals surface area (Å²) in [6.07, 6.45) is 6.71. The molecule has 1 saturated carbocycles. The van der Waals surface area contributed by atoms with E-state index in [1.54, 1.807) is 12.0 Å². The van der Waals surface area contributed by atoms with E-state index < -0.39 is 6.04 Å². The topological polar surface area (TPSA) is 79.0 Å². The molecule has 2 aromatic carbocycles. The minimum absolute atomic E-state index is 0.129. The molecule has 3 aliphatic rings. The van der Waals surface area contributed by atoms with E-state index in [4.69, 9.17) is 4.74 Å². The third-order valence-electron chi connectivity index (χ3n) is 7.37. The highest BCUT2D eigenvalue weighted by atomic mass is 16.5. The molecule has 1 atom stereocenters. The van der Waals surface area contributed by atoms with Crippen LogP contribution in [0.2, 0.25) is 0 Å². The maximum atomic E-state index is 13.1. The van der Waals surface area contributed by atoms with E-state index >= 15 is 0 Å². The van der Waals surface area contributed by atoms with Gasteiger partial charge in [-0.2, -0.15) is 0 Å². The molecule has 2 heterocycles. The molecular weight excluding hydrogens is 430 g/mol. The van der Waals surface area contributed by atoms with Crippen LogP contribution in [0.5, 0.6) is 5.75 Å². The average molecular weight is 462 g/mol. The fourth-order valence-electron chi connectivity index (χ4n) is 5.49. The predicted octanol–water partition coefficient (Wildman–Crippen LogP) is 3.80. The largest absolute Gasteiger partial charge is 0.497 e. The first-order valence-electron chi connectivity index (χ1n) is 12.2. The Balaban J connectivity index is 1.40. The summed E-state index contributed by atoms with van der Waals surface area (Å²) >= 11 is 0. The van der Waals surface area contributed by atoms with Crippen LogP contribution < -0.4 is 15.0 Å². The molecule has 1 aliphatic carbocycles. The Morgan fingerprint density at radius 3 is 2.47 bits per heavy atom. The van der Waals surface area contributed by atoms with Gasteiger partial charge in [-0.25, -0.2) is 0 Å². The van der Waals surface area contributed by atoms with Crippen LogP contribution in [0.3, 0.4) is 0 Å². The van der Waals surface area contributed by atoms with Gasteiger partial charge in [0, 0.05) is 36.8 Å². The maximum Gasteiger partial charge on any atom is 0.255 e. The van der Waals surface area contributed by atoms with Gasteiger partial charge >= 0.3 is 0 Å². The summed E-state index contributed by atoms with van der Waals surface area (Å²) in [6.45, 7) is 1.19. The molecule has 2 aromatic rings. The van der Waals surface area contributed by atoms with Crippen molar-refractivity contribution in [1.29, 1.82) is 0 Å². The Hall–Kier alpha value is -3.35. The zero-order chi connectivity index (χ0) is 23.7. The highest BCUT2D eigenvalue weighted by Gasteiger charge is 2.39. The summed E-state index contributed by atoms with van der Waals surface area (Å²) in [5.41, 5.74) is 3.93. The predicted molar refractivity (Wildman–Crippen MR) is 129 cm³/mol. The molecule has 2 fully saturated rings. The van der Waals surface area contributed by atoms with Crippen molar-refractivity contribution in [1.82, 2.24) is 10.2 Å². The Labute approximate surface area is 200 Å². The number of methoxy groups -OCH3 is 1. The van der Waals surface area contributed by atoms with E-state index in [1.165, 1.54) is 24.8 Å². The van der Waals surface area contributed by atoms with Gasteiger partial charge in [0.25, 0.3) is 5.91 Å². The minimum atomic E-state index is -0.588. The van der Waals surface area contributed by atoms with Gasteiger partial charge in [0.2, 0.25) is 11.8 Å². The Morgan fingerprint density at radius 1 is 1.00 bits per heavy atom. The van der Waals surface area contributed by atoms with Gasteiger partial charge in [0.1, 0.15) is 11.8 Å². The number of nitrogens with zero attached hydrogens (tertiary/aromatic N) is 2. The number of amides is 3. The van der Waals surface area contributed by atoms with E-state index in [-0.39, 0.29) is 24.1 Å². The number of nitrogens with one attached hydrogen (secondary N) is 1. The minimum Gasteiger partial charge on any atom is -0.497 e. The molecular formula is C27H31N3O4. The van der Waals surface area contributed by atoms with Gasteiger partial charge in [-0.05, 0) is 60.7 Å². The molecule has 5 rings (SSSR count). The second kappa shape index (κ2) is 9.49. The molecule has 0 bridgehead atoms. The second-order valence-corrected chi connectivity index (χ2v) is 9.51. The van der Waals surface area contributed by atoms with Crippen molar-refractivity contribution in [3.63, 3.8) is 0 Å². The first kappa shape index (κ1) is 22.4. The lowest BCUT2D eigenvalue weighted by Crippen LogP contribution is -2.52. The van der Waals surface area contributed by atoms with Crippen LogP contribution in [-0.2, 0) is 22.7 Å². The molecule has 178 valence electrons. The molecule has 34 heavy (non-hydrogen) atoms. The van der Waals surface area contributed by atoms with Crippen molar-refractivity contribution in [3.8, 4) is 5.75 Å². The van der Waals surface area contributed by atoms with Crippen molar-refractivity contribution in [3.05, 3.63) is 59.2 Å². The summed E-state index contributed by atoms with van der Waals surface area (Å²) in [5.74, 6) is 0.0725. The van der Waals surface area contributed by atoms with Crippen molar-refractivity contribution in [2.45, 2.75) is 70.1 Å². The summed E-state index contributed by atoms with van der Waals surface area (Å²) in [6, 6.07) is 14.1. The lowest BCUT2D eigenvalue weighted by atomic mass is 9.93. The number of rotatable bonds is 6. The van der Waals surface area contributed by atoms with Gasteiger partial charge < -0.3 is 14.5 Å². The summed E-state index contributed by atoms with van der Waals surface area (Å²) in [5, 5.41) is 2.37. The number of piperidine rings is 1. The van der Waals surface area contributed by atoms with E-state index in [0.29, 0.717) is 24.6 Å². The number of hydrogen-bond acceptors (Lipinski definition) is 5. The van der Waals surface area contributed by atoms with E-state index in [1.807, 2.05) is 24.3 Å². The normalized spacial score (nSPS) is 20.8. The average Bonchev–Trinajstić information content (AvgIpc) is 3.19. The van der Waals surface area contributed by atoms with Crippen LogP contribution in [0, 0.1) is 0 Å². The summed E-state index contributed by atoms with van der Waals surface area (Å²) in [4.78, 5) is 41.1. The molecule has 0 aromatic heterocycles. The Bertz CT molecular complexity index is 1090. The van der Waals surface area contributed by atoms with E-state index in [9.17, 15) is 14.4 Å². The summed E-state index contributed by atoms with van der Waals surface area (Å²) in [7, 11) is 1.67. The van der Waals surface area contributed by atoms with Crippen molar-refractivity contribution in [2.24, 2.45) is 0 Å². The Kier molecular flexibility index (Phi) is 6.26. The number of carbonyl (C=O) groups excluding carboxylic acids is 3. The number of anilines is 1. The highest BCUT2D eigenvalue weighted by Crippen LogP contribution is 2.34. The zero-order valence-corrected chi connectivity index (χ0v) is 19.6. The van der Waals surface area contributed by atoms with Crippen LogP contribution in [0.25, 0.3) is 0 Å². The fourth-order valence-corrected chi connectivity index (χ4v) is 5.49. The fraction of sp³-hybridized carbons (Fsp3) is 0.444. The van der Waals surface area contributed by atoms with Crippen LogP contribution in [-0.4, -0.2) is 41.8 Å². The number of carbonyl (C=O) groups is 3. The first-order chi connectivity index (χ1) is 16.5. The van der Waals surface area contributed by atoms with Crippen molar-refractivity contribution < 1.29 is 19.1 Å². The molecule has 0 radical (unpaired) electrons. The summed E-state index contributed by atoms with van der Waals surface area (Å²) < 4.78 is 5.31. The number of imide groups is 1. The second-order valence-electron chi connectivity index (χ2n) is 9.51. The van der Waals surface area contributed by atoms with Gasteiger partial charge in [0.15, 0.2) is 0 Å². The SMILES string of the molecule is COc1ccc(CN(c2ccc3c(c2)CN(C2CCC(=O)NC2=O)C3=O)C2CCCCC2)cc1. The molecule has 7 heteroatoms. The third-order valence-corrected chi connectivity index (χ3v) is 7.37. The first-order valence-corrected chi connectivity index (χ1v) is 12.2. The van der Waals surface area contributed by atoms with E-state index in [0.717, 1.165) is 36.4 Å². The highest BCUT2D eigenvalue weighted by molar-refractivity contribution is 6.05. The smallest absolute Gasteiger partial charge is 0.255 e. The Morgan fingerprint density at radius 2 is 1.76 bits per heavy atom. The zero-order valence-electron chi connectivity index (χ0n) is 19.6. The molecule has 3 amide bonds. The van der Waals surface area contributed by atoms with Crippen LogP contribution in [0.1, 0.15) is 66.4 Å². The lowest BCUT2D eigenvalue weighted by molar-refractivity contribution is -0.136. The van der Waals surface area contributed by atoms with E-state index in [2.05, 4.69) is 28.4 Å². The number of benzene rings is 2. The monoisotopic (exact) mass is 461 g/mol. The number of hydrogen-bond donors (Lipinski definition) is 1. The van der Waals surface area contributed by atoms with Gasteiger partial charge in [-0.1, -0.05) is 31.4 Å².